The molecule has 1 heterocycles. The van der Waals surface area contributed by atoms with Crippen LogP contribution >= 0.6 is 11.6 Å². The second kappa shape index (κ2) is 5.75. The van der Waals surface area contributed by atoms with Crippen molar-refractivity contribution in [2.75, 3.05) is 18.9 Å². The van der Waals surface area contributed by atoms with Crippen LogP contribution in [0.25, 0.3) is 0 Å². The minimum absolute atomic E-state index is 0.217. The van der Waals surface area contributed by atoms with Gasteiger partial charge in [-0.1, -0.05) is 11.6 Å². The summed E-state index contributed by atoms with van der Waals surface area (Å²) in [7, 11) is 1.61. The average Bonchev–Trinajstić information content (AvgIpc) is 2.20. The number of pyridine rings is 1. The lowest BCUT2D eigenvalue weighted by Gasteiger charge is -2.26. The van der Waals surface area contributed by atoms with E-state index in [9.17, 15) is 9.90 Å². The van der Waals surface area contributed by atoms with Crippen molar-refractivity contribution in [3.63, 3.8) is 0 Å². The van der Waals surface area contributed by atoms with E-state index in [0.717, 1.165) is 11.3 Å². The van der Waals surface area contributed by atoms with E-state index >= 15 is 0 Å². The highest BCUT2D eigenvalue weighted by Crippen LogP contribution is 2.24. The van der Waals surface area contributed by atoms with Crippen LogP contribution in [0.3, 0.4) is 0 Å². The molecule has 0 saturated heterocycles. The number of aromatic nitrogens is 1. The van der Waals surface area contributed by atoms with Gasteiger partial charge in [-0.05, 0) is 39.3 Å². The zero-order chi connectivity index (χ0) is 14.8. The van der Waals surface area contributed by atoms with Crippen molar-refractivity contribution in [3.05, 3.63) is 22.5 Å². The molecule has 2 amide bonds. The molecule has 0 atom stereocenters. The summed E-state index contributed by atoms with van der Waals surface area (Å²) in [6, 6.07) is 1.51. The van der Waals surface area contributed by atoms with E-state index < -0.39 is 5.60 Å². The summed E-state index contributed by atoms with van der Waals surface area (Å²) >= 11 is 6.02. The molecule has 0 aliphatic rings. The monoisotopic (exact) mass is 285 g/mol. The van der Waals surface area contributed by atoms with Crippen molar-refractivity contribution in [2.45, 2.75) is 33.3 Å². The number of hydrogen-bond acceptors (Lipinski definition) is 3. The first-order valence-corrected chi connectivity index (χ1v) is 6.36. The third kappa shape index (κ3) is 4.69. The normalized spacial score (nSPS) is 11.3. The average molecular weight is 286 g/mol. The van der Waals surface area contributed by atoms with Gasteiger partial charge in [-0.2, -0.15) is 0 Å². The van der Waals surface area contributed by atoms with Crippen molar-refractivity contribution in [2.24, 2.45) is 0 Å². The fourth-order valence-electron chi connectivity index (χ4n) is 1.80. The smallest absolute Gasteiger partial charge is 0.321 e. The Labute approximate surface area is 118 Å². The van der Waals surface area contributed by atoms with Crippen LogP contribution in [0.4, 0.5) is 10.5 Å². The van der Waals surface area contributed by atoms with Crippen LogP contribution < -0.4 is 5.32 Å². The predicted molar refractivity (Wildman–Crippen MR) is 76.7 cm³/mol. The number of likely N-dealkylation sites (N-methyl/N-ethyl adjacent to an activating group) is 1. The Morgan fingerprint density at radius 3 is 2.58 bits per heavy atom. The second-order valence-corrected chi connectivity index (χ2v) is 5.70. The number of nitrogens with one attached hydrogen (secondary N) is 1. The molecule has 0 aromatic carbocycles. The number of aliphatic hydroxyl groups is 1. The topological polar surface area (TPSA) is 65.5 Å². The number of nitrogens with zero attached hydrogens (tertiary/aromatic N) is 2. The van der Waals surface area contributed by atoms with Gasteiger partial charge < -0.3 is 15.3 Å². The number of hydrogen-bond donors (Lipinski definition) is 2. The molecule has 0 unspecified atom stereocenters. The number of halogens is 1. The van der Waals surface area contributed by atoms with Crippen LogP contribution in [0.2, 0.25) is 5.15 Å². The molecule has 0 aliphatic heterocycles. The fourth-order valence-corrected chi connectivity index (χ4v) is 2.13. The van der Waals surface area contributed by atoms with Gasteiger partial charge in [0.2, 0.25) is 0 Å². The van der Waals surface area contributed by atoms with Crippen molar-refractivity contribution >= 4 is 23.3 Å². The molecule has 1 aromatic heterocycles. The van der Waals surface area contributed by atoms with Gasteiger partial charge in [-0.15, -0.1) is 0 Å². The summed E-state index contributed by atoms with van der Waals surface area (Å²) < 4.78 is 0. The first-order chi connectivity index (χ1) is 8.60. The summed E-state index contributed by atoms with van der Waals surface area (Å²) in [6.45, 7) is 7.19. The van der Waals surface area contributed by atoms with E-state index in [0.29, 0.717) is 5.69 Å². The minimum atomic E-state index is -0.948. The Balaban J connectivity index is 2.83. The number of carbonyl (C=O) groups excluding carboxylic acids is 1. The van der Waals surface area contributed by atoms with Crippen molar-refractivity contribution < 1.29 is 9.90 Å². The molecule has 106 valence electrons. The van der Waals surface area contributed by atoms with Gasteiger partial charge in [0.15, 0.2) is 5.15 Å². The van der Waals surface area contributed by atoms with Crippen LogP contribution in [0.1, 0.15) is 25.1 Å². The zero-order valence-corrected chi connectivity index (χ0v) is 12.7. The first-order valence-electron chi connectivity index (χ1n) is 5.98. The predicted octanol–water partition coefficient (Wildman–Crippen LogP) is 2.59. The van der Waals surface area contributed by atoms with Gasteiger partial charge in [0.1, 0.15) is 0 Å². The number of urea groups is 1. The highest BCUT2D eigenvalue weighted by atomic mass is 35.5. The lowest BCUT2D eigenvalue weighted by molar-refractivity contribution is 0.0550. The summed E-state index contributed by atoms with van der Waals surface area (Å²) in [4.78, 5) is 17.5. The molecular formula is C13H20ClN3O2. The second-order valence-electron chi connectivity index (χ2n) is 5.34. The fraction of sp³-hybridized carbons (Fsp3) is 0.538. The Kier molecular flexibility index (Phi) is 4.76. The van der Waals surface area contributed by atoms with E-state index in [1.807, 2.05) is 19.9 Å². The molecule has 1 rings (SSSR count). The number of amides is 2. The maximum atomic E-state index is 12.0. The maximum Gasteiger partial charge on any atom is 0.321 e. The molecule has 0 fully saturated rings. The highest BCUT2D eigenvalue weighted by molar-refractivity contribution is 6.32. The zero-order valence-electron chi connectivity index (χ0n) is 11.9. The maximum absolute atomic E-state index is 12.0. The Morgan fingerprint density at radius 2 is 2.11 bits per heavy atom. The molecule has 0 bridgehead atoms. The van der Waals surface area contributed by atoms with Crippen molar-refractivity contribution in [3.8, 4) is 0 Å². The number of anilines is 1. The summed E-state index contributed by atoms with van der Waals surface area (Å²) in [5.41, 5.74) is 1.20. The van der Waals surface area contributed by atoms with Crippen molar-refractivity contribution in [1.29, 1.82) is 0 Å². The van der Waals surface area contributed by atoms with Gasteiger partial charge in [-0.25, -0.2) is 9.78 Å². The van der Waals surface area contributed by atoms with E-state index in [4.69, 9.17) is 11.6 Å². The van der Waals surface area contributed by atoms with E-state index in [2.05, 4.69) is 10.3 Å². The number of rotatable bonds is 3. The SMILES string of the molecule is Cc1cc(C)c(NC(=O)N(C)CC(C)(C)O)c(Cl)n1. The van der Waals surface area contributed by atoms with Gasteiger partial charge in [0.25, 0.3) is 0 Å². The molecule has 0 aliphatic carbocycles. The van der Waals surface area contributed by atoms with Gasteiger partial charge >= 0.3 is 6.03 Å². The molecule has 5 nitrogen and oxygen atoms in total. The highest BCUT2D eigenvalue weighted by Gasteiger charge is 2.20. The molecule has 1 aromatic rings. The lowest BCUT2D eigenvalue weighted by Crippen LogP contribution is -2.41. The lowest BCUT2D eigenvalue weighted by atomic mass is 10.1. The Hall–Kier alpha value is -1.33. The molecule has 19 heavy (non-hydrogen) atoms. The quantitative estimate of drug-likeness (QED) is 0.839. The van der Waals surface area contributed by atoms with Crippen LogP contribution in [-0.4, -0.2) is 40.2 Å². The van der Waals surface area contributed by atoms with Crippen LogP contribution in [-0.2, 0) is 0 Å². The van der Waals surface area contributed by atoms with E-state index in [-0.39, 0.29) is 17.7 Å². The Bertz CT molecular complexity index is 460. The van der Waals surface area contributed by atoms with Gasteiger partial charge in [0, 0.05) is 12.7 Å². The van der Waals surface area contributed by atoms with Gasteiger partial charge in [0.05, 0.1) is 17.8 Å². The minimum Gasteiger partial charge on any atom is -0.389 e. The largest absolute Gasteiger partial charge is 0.389 e. The van der Waals surface area contributed by atoms with E-state index in [1.54, 1.807) is 20.9 Å². The molecule has 0 spiro atoms. The van der Waals surface area contributed by atoms with Crippen LogP contribution in [0.5, 0.6) is 0 Å². The van der Waals surface area contributed by atoms with Crippen LogP contribution in [0.15, 0.2) is 6.07 Å². The third-order valence-corrected chi connectivity index (χ3v) is 2.78. The molecular weight excluding hydrogens is 266 g/mol. The standard InChI is InChI=1S/C13H20ClN3O2/c1-8-6-9(2)15-11(14)10(8)16-12(18)17(5)7-13(3,4)19/h6,19H,7H2,1-5H3,(H,16,18). The molecule has 6 heteroatoms. The number of aryl methyl sites for hydroxylation is 2. The molecule has 2 N–H and O–H groups in total. The summed E-state index contributed by atoms with van der Waals surface area (Å²) in [5, 5.41) is 12.7. The van der Waals surface area contributed by atoms with Gasteiger partial charge in [-0.3, -0.25) is 0 Å². The summed E-state index contributed by atoms with van der Waals surface area (Å²) in [6.07, 6.45) is 0. The molecule has 0 saturated carbocycles. The Morgan fingerprint density at radius 1 is 1.53 bits per heavy atom. The van der Waals surface area contributed by atoms with E-state index in [1.165, 1.54) is 4.90 Å². The molecule has 0 radical (unpaired) electrons. The first kappa shape index (κ1) is 15.7. The van der Waals surface area contributed by atoms with Crippen molar-refractivity contribution in [1.82, 2.24) is 9.88 Å². The van der Waals surface area contributed by atoms with Crippen LogP contribution in [0, 0.1) is 13.8 Å². The number of carbonyl (C=O) groups is 1. The summed E-state index contributed by atoms with van der Waals surface area (Å²) in [5.74, 6) is 0. The third-order valence-electron chi connectivity index (χ3n) is 2.50.